The SMILES string of the molecule is COCC(=O)N1CCCN(C(=O)c2ccc(Br)cc2)CC1. The largest absolute Gasteiger partial charge is 0.375 e. The number of rotatable bonds is 3. The van der Waals surface area contributed by atoms with E-state index in [9.17, 15) is 9.59 Å². The van der Waals surface area contributed by atoms with Gasteiger partial charge in [0.05, 0.1) is 0 Å². The molecule has 0 unspecified atom stereocenters. The number of nitrogens with zero attached hydrogens (tertiary/aromatic N) is 2. The molecule has 1 aliphatic heterocycles. The molecule has 1 fully saturated rings. The van der Waals surface area contributed by atoms with Crippen molar-refractivity contribution in [3.05, 3.63) is 34.3 Å². The Morgan fingerprint density at radius 2 is 1.71 bits per heavy atom. The van der Waals surface area contributed by atoms with E-state index in [0.29, 0.717) is 31.7 Å². The Bertz CT molecular complexity index is 504. The van der Waals surface area contributed by atoms with Crippen LogP contribution in [0.25, 0.3) is 0 Å². The van der Waals surface area contributed by atoms with Crippen LogP contribution in [0.2, 0.25) is 0 Å². The minimum Gasteiger partial charge on any atom is -0.375 e. The van der Waals surface area contributed by atoms with Crippen LogP contribution in [0.1, 0.15) is 16.8 Å². The summed E-state index contributed by atoms with van der Waals surface area (Å²) in [6.45, 7) is 2.56. The van der Waals surface area contributed by atoms with Gasteiger partial charge in [-0.1, -0.05) is 15.9 Å². The van der Waals surface area contributed by atoms with E-state index in [4.69, 9.17) is 4.74 Å². The molecule has 0 bridgehead atoms. The van der Waals surface area contributed by atoms with E-state index in [2.05, 4.69) is 15.9 Å². The van der Waals surface area contributed by atoms with Crippen LogP contribution in [0, 0.1) is 0 Å². The third-order valence-electron chi connectivity index (χ3n) is 3.49. The van der Waals surface area contributed by atoms with Gasteiger partial charge in [0, 0.05) is 43.3 Å². The third kappa shape index (κ3) is 4.28. The Balaban J connectivity index is 1.97. The number of halogens is 1. The minimum atomic E-state index is -0.0181. The molecule has 21 heavy (non-hydrogen) atoms. The smallest absolute Gasteiger partial charge is 0.253 e. The summed E-state index contributed by atoms with van der Waals surface area (Å²) >= 11 is 3.36. The van der Waals surface area contributed by atoms with E-state index in [-0.39, 0.29) is 18.4 Å². The van der Waals surface area contributed by atoms with Crippen molar-refractivity contribution in [3.63, 3.8) is 0 Å². The van der Waals surface area contributed by atoms with E-state index >= 15 is 0 Å². The van der Waals surface area contributed by atoms with Crippen LogP contribution in [0.4, 0.5) is 0 Å². The Morgan fingerprint density at radius 3 is 2.38 bits per heavy atom. The average Bonchev–Trinajstić information content (AvgIpc) is 2.73. The van der Waals surface area contributed by atoms with E-state index in [1.165, 1.54) is 7.11 Å². The van der Waals surface area contributed by atoms with Crippen molar-refractivity contribution in [2.45, 2.75) is 6.42 Å². The van der Waals surface area contributed by atoms with Crippen molar-refractivity contribution >= 4 is 27.7 Å². The first kappa shape index (κ1) is 16.0. The van der Waals surface area contributed by atoms with Crippen molar-refractivity contribution in [1.82, 2.24) is 9.80 Å². The summed E-state index contributed by atoms with van der Waals surface area (Å²) in [7, 11) is 1.51. The summed E-state index contributed by atoms with van der Waals surface area (Å²) in [5.74, 6) is -0.000943. The average molecular weight is 355 g/mol. The number of hydrogen-bond donors (Lipinski definition) is 0. The predicted molar refractivity (Wildman–Crippen MR) is 83.1 cm³/mol. The van der Waals surface area contributed by atoms with Crippen LogP contribution < -0.4 is 0 Å². The fourth-order valence-electron chi connectivity index (χ4n) is 2.36. The second kappa shape index (κ2) is 7.56. The molecule has 1 aromatic carbocycles. The fourth-order valence-corrected chi connectivity index (χ4v) is 2.62. The topological polar surface area (TPSA) is 49.9 Å². The molecule has 0 aliphatic carbocycles. The molecule has 1 aromatic rings. The molecule has 2 amide bonds. The van der Waals surface area contributed by atoms with Crippen molar-refractivity contribution < 1.29 is 14.3 Å². The number of carbonyl (C=O) groups is 2. The van der Waals surface area contributed by atoms with Gasteiger partial charge in [0.1, 0.15) is 6.61 Å². The van der Waals surface area contributed by atoms with Gasteiger partial charge in [-0.25, -0.2) is 0 Å². The summed E-state index contributed by atoms with van der Waals surface area (Å²) in [6, 6.07) is 7.34. The zero-order valence-electron chi connectivity index (χ0n) is 12.0. The molecule has 1 saturated heterocycles. The van der Waals surface area contributed by atoms with Crippen molar-refractivity contribution in [1.29, 1.82) is 0 Å². The molecule has 1 aliphatic rings. The van der Waals surface area contributed by atoms with Gasteiger partial charge in [-0.15, -0.1) is 0 Å². The van der Waals surface area contributed by atoms with E-state index in [1.54, 1.807) is 4.90 Å². The lowest BCUT2D eigenvalue weighted by molar-refractivity contribution is -0.135. The summed E-state index contributed by atoms with van der Waals surface area (Å²) in [5, 5.41) is 0. The van der Waals surface area contributed by atoms with Crippen molar-refractivity contribution in [2.24, 2.45) is 0 Å². The van der Waals surface area contributed by atoms with Gasteiger partial charge in [-0.05, 0) is 30.7 Å². The van der Waals surface area contributed by atoms with Crippen molar-refractivity contribution in [2.75, 3.05) is 39.9 Å². The number of carbonyl (C=O) groups excluding carboxylic acids is 2. The zero-order valence-corrected chi connectivity index (χ0v) is 13.6. The summed E-state index contributed by atoms with van der Waals surface area (Å²) < 4.78 is 5.83. The van der Waals surface area contributed by atoms with Crippen LogP contribution in [0.5, 0.6) is 0 Å². The van der Waals surface area contributed by atoms with Crippen molar-refractivity contribution in [3.8, 4) is 0 Å². The molecule has 114 valence electrons. The Kier molecular flexibility index (Phi) is 5.76. The number of benzene rings is 1. The Labute approximate surface area is 133 Å². The molecule has 2 rings (SSSR count). The first-order chi connectivity index (χ1) is 10.1. The van der Waals surface area contributed by atoms with Gasteiger partial charge in [-0.3, -0.25) is 9.59 Å². The number of hydrogen-bond acceptors (Lipinski definition) is 3. The lowest BCUT2D eigenvalue weighted by atomic mass is 10.2. The summed E-state index contributed by atoms with van der Waals surface area (Å²) in [6.07, 6.45) is 0.789. The molecular formula is C15H19BrN2O3. The third-order valence-corrected chi connectivity index (χ3v) is 4.02. The summed E-state index contributed by atoms with van der Waals surface area (Å²) in [4.78, 5) is 27.8. The highest BCUT2D eigenvalue weighted by Crippen LogP contribution is 2.14. The minimum absolute atomic E-state index is 0.0172. The second-order valence-corrected chi connectivity index (χ2v) is 5.88. The number of methoxy groups -OCH3 is 1. The molecule has 5 nitrogen and oxygen atoms in total. The molecule has 0 spiro atoms. The lowest BCUT2D eigenvalue weighted by Crippen LogP contribution is -2.38. The molecule has 0 N–H and O–H groups in total. The van der Waals surface area contributed by atoms with Gasteiger partial charge >= 0.3 is 0 Å². The normalized spacial score (nSPS) is 15.7. The van der Waals surface area contributed by atoms with Crippen LogP contribution in [-0.2, 0) is 9.53 Å². The molecular weight excluding hydrogens is 336 g/mol. The van der Waals surface area contributed by atoms with Gasteiger partial charge in [-0.2, -0.15) is 0 Å². The van der Waals surface area contributed by atoms with Crippen LogP contribution >= 0.6 is 15.9 Å². The Morgan fingerprint density at radius 1 is 1.10 bits per heavy atom. The van der Waals surface area contributed by atoms with E-state index < -0.39 is 0 Å². The van der Waals surface area contributed by atoms with Gasteiger partial charge in [0.15, 0.2) is 0 Å². The maximum absolute atomic E-state index is 12.4. The maximum Gasteiger partial charge on any atom is 0.253 e. The highest BCUT2D eigenvalue weighted by atomic mass is 79.9. The first-order valence-electron chi connectivity index (χ1n) is 6.93. The second-order valence-electron chi connectivity index (χ2n) is 4.97. The predicted octanol–water partition coefficient (Wildman–Crippen LogP) is 1.77. The van der Waals surface area contributed by atoms with Gasteiger partial charge in [0.25, 0.3) is 5.91 Å². The molecule has 0 atom stereocenters. The van der Waals surface area contributed by atoms with Gasteiger partial charge < -0.3 is 14.5 Å². The highest BCUT2D eigenvalue weighted by molar-refractivity contribution is 9.10. The highest BCUT2D eigenvalue weighted by Gasteiger charge is 2.22. The number of amides is 2. The standard InChI is InChI=1S/C15H19BrN2O3/c1-21-11-14(19)17-7-2-8-18(10-9-17)15(20)12-3-5-13(16)6-4-12/h3-6H,2,7-11H2,1H3. The molecule has 0 saturated carbocycles. The maximum atomic E-state index is 12.4. The number of ether oxygens (including phenoxy) is 1. The molecule has 6 heteroatoms. The fraction of sp³-hybridized carbons (Fsp3) is 0.467. The van der Waals surface area contributed by atoms with E-state index in [0.717, 1.165) is 10.9 Å². The zero-order chi connectivity index (χ0) is 15.2. The molecule has 1 heterocycles. The van der Waals surface area contributed by atoms with Gasteiger partial charge in [0.2, 0.25) is 5.91 Å². The van der Waals surface area contributed by atoms with E-state index in [1.807, 2.05) is 29.2 Å². The molecule has 0 aromatic heterocycles. The summed E-state index contributed by atoms with van der Waals surface area (Å²) in [5.41, 5.74) is 0.676. The first-order valence-corrected chi connectivity index (χ1v) is 7.72. The monoisotopic (exact) mass is 354 g/mol. The van der Waals surface area contributed by atoms with Crippen LogP contribution in [0.15, 0.2) is 28.7 Å². The quantitative estimate of drug-likeness (QED) is 0.831. The lowest BCUT2D eigenvalue weighted by Gasteiger charge is -2.22. The molecule has 0 radical (unpaired) electrons. The van der Waals surface area contributed by atoms with Crippen LogP contribution in [-0.4, -0.2) is 61.5 Å². The Hall–Kier alpha value is -1.40. The van der Waals surface area contributed by atoms with Crippen LogP contribution in [0.3, 0.4) is 0 Å².